The van der Waals surface area contributed by atoms with Gasteiger partial charge in [0, 0.05) is 5.75 Å². The molecule has 0 radical (unpaired) electrons. The number of rotatable bonds is 6. The minimum atomic E-state index is 0.320. The van der Waals surface area contributed by atoms with Gasteiger partial charge in [0.2, 0.25) is 5.95 Å². The van der Waals surface area contributed by atoms with Gasteiger partial charge in [0.05, 0.1) is 6.20 Å². The van der Waals surface area contributed by atoms with Crippen LogP contribution in [0, 0.1) is 0 Å². The molecule has 0 spiro atoms. The Bertz CT molecular complexity index is 483. The van der Waals surface area contributed by atoms with E-state index in [1.54, 1.807) is 29.3 Å². The fraction of sp³-hybridized carbons (Fsp3) is 0.545. The Labute approximate surface area is 109 Å². The number of nitrogens with two attached hydrogens (primary N) is 1. The van der Waals surface area contributed by atoms with Crippen molar-refractivity contribution in [1.29, 1.82) is 0 Å². The maximum atomic E-state index is 5.54. The van der Waals surface area contributed by atoms with Crippen LogP contribution in [0.2, 0.25) is 0 Å². The predicted molar refractivity (Wildman–Crippen MR) is 74.5 cm³/mol. The molecule has 0 unspecified atom stereocenters. The van der Waals surface area contributed by atoms with Crippen LogP contribution in [0.3, 0.4) is 0 Å². The van der Waals surface area contributed by atoms with Crippen LogP contribution >= 0.6 is 23.1 Å². The van der Waals surface area contributed by atoms with Gasteiger partial charge in [0.25, 0.3) is 0 Å². The normalized spacial score (nSPS) is 11.1. The smallest absolute Gasteiger partial charge is 0.221 e. The predicted octanol–water partition coefficient (Wildman–Crippen LogP) is 3.34. The Morgan fingerprint density at radius 1 is 1.29 bits per heavy atom. The maximum absolute atomic E-state index is 5.54. The average Bonchev–Trinajstić information content (AvgIpc) is 2.70. The van der Waals surface area contributed by atoms with Gasteiger partial charge >= 0.3 is 0 Å². The molecule has 6 heteroatoms. The SMILES string of the molecule is CCCCCCSc1nc2cnc(N)nc2s1. The second kappa shape index (κ2) is 6.16. The summed E-state index contributed by atoms with van der Waals surface area (Å²) in [5.74, 6) is 1.45. The Morgan fingerprint density at radius 3 is 3.00 bits per heavy atom. The molecule has 2 N–H and O–H groups in total. The highest BCUT2D eigenvalue weighted by atomic mass is 32.2. The van der Waals surface area contributed by atoms with Gasteiger partial charge in [0.15, 0.2) is 4.34 Å². The van der Waals surface area contributed by atoms with Crippen molar-refractivity contribution < 1.29 is 0 Å². The maximum Gasteiger partial charge on any atom is 0.221 e. The zero-order valence-corrected chi connectivity index (χ0v) is 11.5. The van der Waals surface area contributed by atoms with Crippen molar-refractivity contribution in [2.24, 2.45) is 0 Å². The first kappa shape index (κ1) is 12.6. The molecule has 92 valence electrons. The summed E-state index contributed by atoms with van der Waals surface area (Å²) < 4.78 is 1.07. The minimum Gasteiger partial charge on any atom is -0.368 e. The fourth-order valence-electron chi connectivity index (χ4n) is 1.48. The summed E-state index contributed by atoms with van der Waals surface area (Å²) in [6.45, 7) is 2.23. The number of thiazole rings is 1. The third-order valence-corrected chi connectivity index (χ3v) is 4.57. The average molecular weight is 268 g/mol. The van der Waals surface area contributed by atoms with Crippen molar-refractivity contribution in [1.82, 2.24) is 15.0 Å². The number of hydrogen-bond donors (Lipinski definition) is 1. The standard InChI is InChI=1S/C11H16N4S2/c1-2-3-4-5-6-16-11-14-8-7-13-10(12)15-9(8)17-11/h7H,2-6H2,1H3,(H2,12,13,15). The van der Waals surface area contributed by atoms with E-state index in [2.05, 4.69) is 21.9 Å². The third-order valence-electron chi connectivity index (χ3n) is 2.37. The summed E-state index contributed by atoms with van der Waals surface area (Å²) >= 11 is 3.40. The first-order chi connectivity index (χ1) is 8.29. The summed E-state index contributed by atoms with van der Waals surface area (Å²) in [7, 11) is 0. The van der Waals surface area contributed by atoms with E-state index >= 15 is 0 Å². The van der Waals surface area contributed by atoms with Crippen molar-refractivity contribution in [3.63, 3.8) is 0 Å². The number of hydrogen-bond acceptors (Lipinski definition) is 6. The number of thioether (sulfide) groups is 1. The molecular weight excluding hydrogens is 252 g/mol. The lowest BCUT2D eigenvalue weighted by molar-refractivity contribution is 0.706. The van der Waals surface area contributed by atoms with Crippen LogP contribution in [0.15, 0.2) is 10.5 Å². The summed E-state index contributed by atoms with van der Waals surface area (Å²) in [5.41, 5.74) is 6.39. The fourth-order valence-corrected chi connectivity index (χ4v) is 3.54. The van der Waals surface area contributed by atoms with Crippen molar-refractivity contribution >= 4 is 39.4 Å². The van der Waals surface area contributed by atoms with Crippen LogP contribution in [0.5, 0.6) is 0 Å². The molecule has 0 amide bonds. The van der Waals surface area contributed by atoms with Gasteiger partial charge < -0.3 is 5.73 Å². The van der Waals surface area contributed by atoms with Crippen molar-refractivity contribution in [2.75, 3.05) is 11.5 Å². The van der Waals surface area contributed by atoms with Gasteiger partial charge in [0.1, 0.15) is 10.3 Å². The van der Waals surface area contributed by atoms with Gasteiger partial charge in [-0.05, 0) is 6.42 Å². The monoisotopic (exact) mass is 268 g/mol. The number of nitrogen functional groups attached to an aromatic ring is 1. The highest BCUT2D eigenvalue weighted by Crippen LogP contribution is 2.28. The van der Waals surface area contributed by atoms with Crippen LogP contribution in [-0.4, -0.2) is 20.7 Å². The molecule has 2 rings (SSSR count). The Hall–Kier alpha value is -0.880. The largest absolute Gasteiger partial charge is 0.368 e. The molecule has 0 aliphatic carbocycles. The molecule has 17 heavy (non-hydrogen) atoms. The zero-order valence-electron chi connectivity index (χ0n) is 9.85. The van der Waals surface area contributed by atoms with Crippen LogP contribution in [0.25, 0.3) is 10.3 Å². The van der Waals surface area contributed by atoms with E-state index in [1.165, 1.54) is 25.7 Å². The molecule has 0 saturated carbocycles. The number of unbranched alkanes of at least 4 members (excludes halogenated alkanes) is 3. The molecular formula is C11H16N4S2. The number of aromatic nitrogens is 3. The zero-order chi connectivity index (χ0) is 12.1. The molecule has 0 fully saturated rings. The summed E-state index contributed by atoms with van der Waals surface area (Å²) in [4.78, 5) is 13.5. The van der Waals surface area contributed by atoms with Crippen LogP contribution in [0.1, 0.15) is 32.6 Å². The highest BCUT2D eigenvalue weighted by molar-refractivity contribution is 8.01. The van der Waals surface area contributed by atoms with Crippen molar-refractivity contribution in [3.05, 3.63) is 6.20 Å². The van der Waals surface area contributed by atoms with E-state index in [0.29, 0.717) is 5.95 Å². The highest BCUT2D eigenvalue weighted by Gasteiger charge is 2.06. The summed E-state index contributed by atoms with van der Waals surface area (Å²) in [5, 5.41) is 0. The topological polar surface area (TPSA) is 64.7 Å². The molecule has 2 heterocycles. The van der Waals surface area contributed by atoms with Crippen LogP contribution in [0.4, 0.5) is 5.95 Å². The van der Waals surface area contributed by atoms with Gasteiger partial charge in [-0.1, -0.05) is 49.3 Å². The first-order valence-electron chi connectivity index (χ1n) is 5.81. The van der Waals surface area contributed by atoms with Crippen LogP contribution < -0.4 is 5.73 Å². The lowest BCUT2D eigenvalue weighted by Crippen LogP contribution is -1.92. The molecule has 0 saturated heterocycles. The second-order valence-corrected chi connectivity index (χ2v) is 6.13. The van der Waals surface area contributed by atoms with E-state index in [1.807, 2.05) is 0 Å². The number of anilines is 1. The van der Waals surface area contributed by atoms with Crippen LogP contribution in [-0.2, 0) is 0 Å². The van der Waals surface area contributed by atoms with Crippen molar-refractivity contribution in [2.45, 2.75) is 36.9 Å². The Balaban J connectivity index is 1.91. The Kier molecular flexibility index (Phi) is 4.56. The molecule has 4 nitrogen and oxygen atoms in total. The minimum absolute atomic E-state index is 0.320. The number of nitrogens with zero attached hydrogens (tertiary/aromatic N) is 3. The molecule has 2 aromatic heterocycles. The van der Waals surface area contributed by atoms with Gasteiger partial charge in [-0.25, -0.2) is 15.0 Å². The molecule has 0 aliphatic heterocycles. The molecule has 0 atom stereocenters. The molecule has 0 aliphatic rings. The van der Waals surface area contributed by atoms with E-state index in [-0.39, 0.29) is 0 Å². The number of fused-ring (bicyclic) bond motifs is 1. The first-order valence-corrected chi connectivity index (χ1v) is 7.61. The van der Waals surface area contributed by atoms with Crippen molar-refractivity contribution in [3.8, 4) is 0 Å². The second-order valence-electron chi connectivity index (χ2n) is 3.81. The molecule has 2 aromatic rings. The molecule has 0 aromatic carbocycles. The van der Waals surface area contributed by atoms with Gasteiger partial charge in [-0.15, -0.1) is 0 Å². The van der Waals surface area contributed by atoms with Gasteiger partial charge in [-0.2, -0.15) is 0 Å². The van der Waals surface area contributed by atoms with E-state index < -0.39 is 0 Å². The lowest BCUT2D eigenvalue weighted by Gasteiger charge is -1.96. The van der Waals surface area contributed by atoms with E-state index in [9.17, 15) is 0 Å². The quantitative estimate of drug-likeness (QED) is 0.643. The Morgan fingerprint density at radius 2 is 2.18 bits per heavy atom. The lowest BCUT2D eigenvalue weighted by atomic mass is 10.2. The summed E-state index contributed by atoms with van der Waals surface area (Å²) in [6, 6.07) is 0. The molecule has 0 bridgehead atoms. The van der Waals surface area contributed by atoms with E-state index in [4.69, 9.17) is 5.73 Å². The summed E-state index contributed by atoms with van der Waals surface area (Å²) in [6.07, 6.45) is 6.85. The van der Waals surface area contributed by atoms with Gasteiger partial charge in [-0.3, -0.25) is 0 Å². The van der Waals surface area contributed by atoms with E-state index in [0.717, 1.165) is 20.4 Å². The third kappa shape index (κ3) is 3.54.